The number of hydrogen-bond acceptors (Lipinski definition) is 3. The summed E-state index contributed by atoms with van der Waals surface area (Å²) in [4.78, 5) is 19.2. The van der Waals surface area contributed by atoms with Crippen LogP contribution in [0, 0.1) is 0 Å². The molecule has 88 valence electrons. The summed E-state index contributed by atoms with van der Waals surface area (Å²) in [6.07, 6.45) is -0.948. The van der Waals surface area contributed by atoms with E-state index in [0.29, 0.717) is 6.42 Å². The number of benzene rings is 1. The smallest absolute Gasteiger partial charge is 0.402 e. The van der Waals surface area contributed by atoms with Gasteiger partial charge >= 0.3 is 12.1 Å². The van der Waals surface area contributed by atoms with Crippen LogP contribution in [0.15, 0.2) is 30.3 Å². The fraction of sp³-hybridized carbons (Fsp3) is 0.200. The molecule has 1 atom stereocenters. The van der Waals surface area contributed by atoms with Gasteiger partial charge in [0, 0.05) is 0 Å². The van der Waals surface area contributed by atoms with Crippen LogP contribution in [0.25, 0.3) is 0 Å². The second-order valence-corrected chi connectivity index (χ2v) is 2.97. The van der Waals surface area contributed by atoms with Crippen molar-refractivity contribution in [3.8, 4) is 0 Å². The van der Waals surface area contributed by atoms with Crippen LogP contribution in [0.5, 0.6) is 0 Å². The molecule has 6 N–H and O–H groups in total. The fourth-order valence-electron chi connectivity index (χ4n) is 0.955. The summed E-state index contributed by atoms with van der Waals surface area (Å²) in [6.45, 7) is 0. The SMILES string of the molecule is NC(=O)O.NC(Cc1ccccc1)C(=O)O. The van der Waals surface area contributed by atoms with Crippen LogP contribution in [0.4, 0.5) is 4.79 Å². The third-order valence-corrected chi connectivity index (χ3v) is 1.62. The van der Waals surface area contributed by atoms with Crippen molar-refractivity contribution in [3.05, 3.63) is 35.9 Å². The average molecular weight is 226 g/mol. The molecule has 0 radical (unpaired) electrons. The second kappa shape index (κ2) is 7.24. The van der Waals surface area contributed by atoms with Gasteiger partial charge in [-0.15, -0.1) is 0 Å². The van der Waals surface area contributed by atoms with E-state index in [1.54, 1.807) is 0 Å². The van der Waals surface area contributed by atoms with E-state index in [0.717, 1.165) is 5.56 Å². The van der Waals surface area contributed by atoms with Gasteiger partial charge in [0.2, 0.25) is 0 Å². The third kappa shape index (κ3) is 7.34. The van der Waals surface area contributed by atoms with Crippen LogP contribution >= 0.6 is 0 Å². The molecule has 0 saturated heterocycles. The molecule has 1 unspecified atom stereocenters. The summed E-state index contributed by atoms with van der Waals surface area (Å²) >= 11 is 0. The maximum Gasteiger partial charge on any atom is 0.402 e. The van der Waals surface area contributed by atoms with Gasteiger partial charge in [0.1, 0.15) is 6.04 Å². The van der Waals surface area contributed by atoms with Crippen LogP contribution in [-0.2, 0) is 11.2 Å². The highest BCUT2D eigenvalue weighted by molar-refractivity contribution is 5.73. The molecule has 6 nitrogen and oxygen atoms in total. The molecular formula is C10H14N2O4. The van der Waals surface area contributed by atoms with E-state index in [1.807, 2.05) is 30.3 Å². The minimum atomic E-state index is -1.33. The molecule has 1 aromatic rings. The van der Waals surface area contributed by atoms with Crippen LogP contribution in [0.2, 0.25) is 0 Å². The van der Waals surface area contributed by atoms with Gasteiger partial charge in [-0.05, 0) is 12.0 Å². The van der Waals surface area contributed by atoms with Crippen molar-refractivity contribution < 1.29 is 19.8 Å². The van der Waals surface area contributed by atoms with Crippen LogP contribution in [0.3, 0.4) is 0 Å². The molecule has 1 aromatic carbocycles. The summed E-state index contributed by atoms with van der Waals surface area (Å²) in [6, 6.07) is 8.54. The number of rotatable bonds is 3. The topological polar surface area (TPSA) is 127 Å². The number of aliphatic carboxylic acids is 1. The molecule has 6 heteroatoms. The number of carboxylic acid groups (broad SMARTS) is 2. The van der Waals surface area contributed by atoms with E-state index >= 15 is 0 Å². The van der Waals surface area contributed by atoms with E-state index in [1.165, 1.54) is 0 Å². The number of hydrogen-bond donors (Lipinski definition) is 4. The Balaban J connectivity index is 0.000000487. The lowest BCUT2D eigenvalue weighted by atomic mass is 10.1. The van der Waals surface area contributed by atoms with Crippen LogP contribution in [0.1, 0.15) is 5.56 Å². The lowest BCUT2D eigenvalue weighted by Gasteiger charge is -2.04. The fourth-order valence-corrected chi connectivity index (χ4v) is 0.955. The molecule has 1 amide bonds. The third-order valence-electron chi connectivity index (χ3n) is 1.62. The van der Waals surface area contributed by atoms with Crippen molar-refractivity contribution in [2.45, 2.75) is 12.5 Å². The van der Waals surface area contributed by atoms with Gasteiger partial charge in [-0.1, -0.05) is 30.3 Å². The first-order valence-corrected chi connectivity index (χ1v) is 4.44. The predicted molar refractivity (Wildman–Crippen MR) is 58.0 cm³/mol. The molecule has 0 aliphatic carbocycles. The summed E-state index contributed by atoms with van der Waals surface area (Å²) in [7, 11) is 0. The van der Waals surface area contributed by atoms with Crippen molar-refractivity contribution in [1.82, 2.24) is 0 Å². The van der Waals surface area contributed by atoms with E-state index in [4.69, 9.17) is 20.7 Å². The standard InChI is InChI=1S/C9H11NO2.CH3NO2/c10-8(9(11)12)6-7-4-2-1-3-5-7;2-1(3)4/h1-5,8H,6,10H2,(H,11,12);2H2,(H,3,4). The Labute approximate surface area is 92.5 Å². The molecule has 0 aromatic heterocycles. The zero-order valence-corrected chi connectivity index (χ0v) is 8.54. The molecule has 0 aliphatic rings. The first kappa shape index (κ1) is 13.9. The number of primary amides is 1. The lowest BCUT2D eigenvalue weighted by Crippen LogP contribution is -2.32. The van der Waals surface area contributed by atoms with E-state index < -0.39 is 18.1 Å². The Kier molecular flexibility index (Phi) is 6.30. The number of nitrogens with two attached hydrogens (primary N) is 2. The van der Waals surface area contributed by atoms with Crippen molar-refractivity contribution >= 4 is 12.1 Å². The molecule has 16 heavy (non-hydrogen) atoms. The largest absolute Gasteiger partial charge is 0.480 e. The van der Waals surface area contributed by atoms with Gasteiger partial charge in [-0.2, -0.15) is 0 Å². The Morgan fingerprint density at radius 2 is 1.62 bits per heavy atom. The van der Waals surface area contributed by atoms with E-state index in [2.05, 4.69) is 5.73 Å². The highest BCUT2D eigenvalue weighted by Crippen LogP contribution is 2.01. The molecule has 0 aliphatic heterocycles. The minimum absolute atomic E-state index is 0.385. The molecule has 0 saturated carbocycles. The summed E-state index contributed by atoms with van der Waals surface area (Å²) < 4.78 is 0. The minimum Gasteiger partial charge on any atom is -0.480 e. The Morgan fingerprint density at radius 3 is 2.00 bits per heavy atom. The van der Waals surface area contributed by atoms with Gasteiger partial charge in [-0.25, -0.2) is 4.79 Å². The van der Waals surface area contributed by atoms with Crippen molar-refractivity contribution in [3.63, 3.8) is 0 Å². The Hall–Kier alpha value is -2.08. The zero-order chi connectivity index (χ0) is 12.6. The summed E-state index contributed by atoms with van der Waals surface area (Å²) in [5.41, 5.74) is 10.3. The van der Waals surface area contributed by atoms with Crippen LogP contribution in [-0.4, -0.2) is 28.3 Å². The number of amides is 1. The highest BCUT2D eigenvalue weighted by atomic mass is 16.4. The number of carboxylic acids is 1. The maximum absolute atomic E-state index is 10.4. The van der Waals surface area contributed by atoms with Crippen molar-refractivity contribution in [2.75, 3.05) is 0 Å². The molecular weight excluding hydrogens is 212 g/mol. The van der Waals surface area contributed by atoms with Gasteiger partial charge in [0.15, 0.2) is 0 Å². The Bertz CT molecular complexity index is 336. The van der Waals surface area contributed by atoms with Gasteiger partial charge in [-0.3, -0.25) is 4.79 Å². The van der Waals surface area contributed by atoms with E-state index in [-0.39, 0.29) is 0 Å². The normalized spacial score (nSPS) is 10.8. The van der Waals surface area contributed by atoms with Crippen LogP contribution < -0.4 is 11.5 Å². The average Bonchev–Trinajstić information content (AvgIpc) is 2.18. The van der Waals surface area contributed by atoms with Gasteiger partial charge in [0.05, 0.1) is 0 Å². The molecule has 0 bridgehead atoms. The highest BCUT2D eigenvalue weighted by Gasteiger charge is 2.10. The van der Waals surface area contributed by atoms with Crippen molar-refractivity contribution in [1.29, 1.82) is 0 Å². The molecule has 0 heterocycles. The Morgan fingerprint density at radius 1 is 1.19 bits per heavy atom. The molecule has 1 rings (SSSR count). The second-order valence-electron chi connectivity index (χ2n) is 2.97. The molecule has 0 fully saturated rings. The maximum atomic E-state index is 10.4. The van der Waals surface area contributed by atoms with Gasteiger partial charge in [0.25, 0.3) is 0 Å². The molecule has 0 spiro atoms. The first-order valence-electron chi connectivity index (χ1n) is 4.44. The first-order chi connectivity index (χ1) is 7.43. The summed E-state index contributed by atoms with van der Waals surface area (Å²) in [5, 5.41) is 15.7. The number of carbonyl (C=O) groups is 2. The van der Waals surface area contributed by atoms with E-state index in [9.17, 15) is 4.79 Å². The van der Waals surface area contributed by atoms with Gasteiger partial charge < -0.3 is 21.7 Å². The zero-order valence-electron chi connectivity index (χ0n) is 8.54. The monoisotopic (exact) mass is 226 g/mol. The lowest BCUT2D eigenvalue weighted by molar-refractivity contribution is -0.138. The predicted octanol–water partition coefficient (Wildman–Crippen LogP) is 0.264. The summed E-state index contributed by atoms with van der Waals surface area (Å²) in [5.74, 6) is -0.959. The van der Waals surface area contributed by atoms with Crippen molar-refractivity contribution in [2.24, 2.45) is 11.5 Å². The quantitative estimate of drug-likeness (QED) is 0.588.